The standard InChI is InChI=1S/C18H24N2O4/c1-3-18(4-2,17(23)24)11-19-15(21)12-7-9-14(10-8-12)20-16(22)13-5-6-13/h7-10,13H,3-6,11H2,1-2H3,(H,19,21)(H,20,22)(H,23,24). The summed E-state index contributed by atoms with van der Waals surface area (Å²) in [6.07, 6.45) is 2.77. The third kappa shape index (κ3) is 4.13. The molecule has 0 saturated heterocycles. The summed E-state index contributed by atoms with van der Waals surface area (Å²) in [4.78, 5) is 35.3. The van der Waals surface area contributed by atoms with Gasteiger partial charge in [-0.15, -0.1) is 0 Å². The molecular weight excluding hydrogens is 308 g/mol. The molecule has 0 spiro atoms. The Morgan fingerprint density at radius 2 is 1.71 bits per heavy atom. The molecule has 1 aromatic rings. The van der Waals surface area contributed by atoms with E-state index >= 15 is 0 Å². The number of hydrogen-bond acceptors (Lipinski definition) is 3. The number of carbonyl (C=O) groups is 3. The maximum Gasteiger partial charge on any atom is 0.311 e. The van der Waals surface area contributed by atoms with Crippen LogP contribution in [0.2, 0.25) is 0 Å². The molecule has 0 radical (unpaired) electrons. The summed E-state index contributed by atoms with van der Waals surface area (Å²) in [5.74, 6) is -1.07. The normalized spacial score (nSPS) is 14.1. The first-order chi connectivity index (χ1) is 11.4. The first kappa shape index (κ1) is 18.0. The van der Waals surface area contributed by atoms with Gasteiger partial charge in [0.05, 0.1) is 5.41 Å². The van der Waals surface area contributed by atoms with Crippen LogP contribution in [0, 0.1) is 11.3 Å². The molecule has 3 N–H and O–H groups in total. The van der Waals surface area contributed by atoms with Gasteiger partial charge in [-0.1, -0.05) is 13.8 Å². The maximum atomic E-state index is 12.2. The molecule has 0 atom stereocenters. The highest BCUT2D eigenvalue weighted by Gasteiger charge is 2.35. The minimum absolute atomic E-state index is 0.0179. The second-order valence-corrected chi connectivity index (χ2v) is 6.32. The summed E-state index contributed by atoms with van der Waals surface area (Å²) < 4.78 is 0. The van der Waals surface area contributed by atoms with Crippen LogP contribution in [0.15, 0.2) is 24.3 Å². The van der Waals surface area contributed by atoms with Gasteiger partial charge in [-0.05, 0) is 49.9 Å². The lowest BCUT2D eigenvalue weighted by Crippen LogP contribution is -2.42. The Kier molecular flexibility index (Phi) is 5.59. The summed E-state index contributed by atoms with van der Waals surface area (Å²) in [6.45, 7) is 3.70. The molecule has 1 aromatic carbocycles. The van der Waals surface area contributed by atoms with Crippen molar-refractivity contribution < 1.29 is 19.5 Å². The molecule has 0 aliphatic heterocycles. The predicted octanol–water partition coefficient (Wildman–Crippen LogP) is 2.66. The number of amides is 2. The van der Waals surface area contributed by atoms with E-state index in [-0.39, 0.29) is 24.3 Å². The van der Waals surface area contributed by atoms with Gasteiger partial charge in [0.25, 0.3) is 5.91 Å². The van der Waals surface area contributed by atoms with E-state index in [2.05, 4.69) is 10.6 Å². The Labute approximate surface area is 141 Å². The lowest BCUT2D eigenvalue weighted by atomic mass is 9.82. The largest absolute Gasteiger partial charge is 0.481 e. The Bertz CT molecular complexity index is 616. The number of aliphatic carboxylic acids is 1. The monoisotopic (exact) mass is 332 g/mol. The molecule has 24 heavy (non-hydrogen) atoms. The zero-order valence-corrected chi connectivity index (χ0v) is 14.1. The smallest absolute Gasteiger partial charge is 0.311 e. The summed E-state index contributed by atoms with van der Waals surface area (Å²) >= 11 is 0. The Morgan fingerprint density at radius 3 is 2.17 bits per heavy atom. The number of carboxylic acids is 1. The average molecular weight is 332 g/mol. The minimum Gasteiger partial charge on any atom is -0.481 e. The summed E-state index contributed by atoms with van der Waals surface area (Å²) in [6, 6.07) is 6.61. The van der Waals surface area contributed by atoms with Gasteiger partial charge >= 0.3 is 5.97 Å². The second-order valence-electron chi connectivity index (χ2n) is 6.32. The van der Waals surface area contributed by atoms with Crippen molar-refractivity contribution in [1.29, 1.82) is 0 Å². The highest BCUT2D eigenvalue weighted by Crippen LogP contribution is 2.30. The topological polar surface area (TPSA) is 95.5 Å². The van der Waals surface area contributed by atoms with Gasteiger partial charge in [-0.25, -0.2) is 0 Å². The van der Waals surface area contributed by atoms with E-state index in [1.807, 2.05) is 0 Å². The number of nitrogens with one attached hydrogen (secondary N) is 2. The Morgan fingerprint density at radius 1 is 1.12 bits per heavy atom. The van der Waals surface area contributed by atoms with Crippen molar-refractivity contribution >= 4 is 23.5 Å². The molecule has 130 valence electrons. The van der Waals surface area contributed by atoms with E-state index in [0.717, 1.165) is 12.8 Å². The van der Waals surface area contributed by atoms with E-state index in [1.165, 1.54) is 0 Å². The van der Waals surface area contributed by atoms with Crippen molar-refractivity contribution in [3.63, 3.8) is 0 Å². The molecule has 0 unspecified atom stereocenters. The fourth-order valence-corrected chi connectivity index (χ4v) is 2.52. The first-order valence-electron chi connectivity index (χ1n) is 8.34. The zero-order chi connectivity index (χ0) is 17.7. The van der Waals surface area contributed by atoms with Gasteiger partial charge in [0.2, 0.25) is 5.91 Å². The quantitative estimate of drug-likeness (QED) is 0.682. The van der Waals surface area contributed by atoms with E-state index in [9.17, 15) is 19.5 Å². The van der Waals surface area contributed by atoms with Crippen molar-refractivity contribution in [1.82, 2.24) is 5.32 Å². The van der Waals surface area contributed by atoms with Crippen LogP contribution in [-0.4, -0.2) is 29.4 Å². The van der Waals surface area contributed by atoms with Gasteiger partial charge in [0.15, 0.2) is 0 Å². The number of benzene rings is 1. The molecular formula is C18H24N2O4. The molecule has 1 fully saturated rings. The van der Waals surface area contributed by atoms with Crippen molar-refractivity contribution in [2.75, 3.05) is 11.9 Å². The third-order valence-electron chi connectivity index (χ3n) is 4.76. The summed E-state index contributed by atoms with van der Waals surface area (Å²) in [5.41, 5.74) is 0.157. The van der Waals surface area contributed by atoms with Crippen molar-refractivity contribution in [3.05, 3.63) is 29.8 Å². The van der Waals surface area contributed by atoms with Gasteiger partial charge in [0.1, 0.15) is 0 Å². The van der Waals surface area contributed by atoms with Gasteiger partial charge < -0.3 is 15.7 Å². The molecule has 1 aliphatic carbocycles. The maximum absolute atomic E-state index is 12.2. The predicted molar refractivity (Wildman–Crippen MR) is 90.8 cm³/mol. The Hall–Kier alpha value is -2.37. The van der Waals surface area contributed by atoms with Gasteiger partial charge in [-0.3, -0.25) is 14.4 Å². The zero-order valence-electron chi connectivity index (χ0n) is 14.1. The van der Waals surface area contributed by atoms with Crippen LogP contribution in [0.4, 0.5) is 5.69 Å². The van der Waals surface area contributed by atoms with Crippen LogP contribution in [0.25, 0.3) is 0 Å². The van der Waals surface area contributed by atoms with E-state index in [0.29, 0.717) is 24.1 Å². The van der Waals surface area contributed by atoms with Crippen LogP contribution < -0.4 is 10.6 Å². The van der Waals surface area contributed by atoms with Crippen LogP contribution >= 0.6 is 0 Å². The summed E-state index contributed by atoms with van der Waals surface area (Å²) in [5, 5.41) is 14.9. The molecule has 0 aromatic heterocycles. The van der Waals surface area contributed by atoms with E-state index in [4.69, 9.17) is 0 Å². The summed E-state index contributed by atoms with van der Waals surface area (Å²) in [7, 11) is 0. The lowest BCUT2D eigenvalue weighted by molar-refractivity contribution is -0.149. The molecule has 2 rings (SSSR count). The van der Waals surface area contributed by atoms with Gasteiger partial charge in [-0.2, -0.15) is 0 Å². The number of hydrogen-bond donors (Lipinski definition) is 3. The van der Waals surface area contributed by atoms with Crippen molar-refractivity contribution in [2.45, 2.75) is 39.5 Å². The molecule has 0 bridgehead atoms. The lowest BCUT2D eigenvalue weighted by Gasteiger charge is -2.26. The molecule has 2 amide bonds. The van der Waals surface area contributed by atoms with E-state index in [1.54, 1.807) is 38.1 Å². The highest BCUT2D eigenvalue weighted by molar-refractivity contribution is 5.97. The van der Waals surface area contributed by atoms with Gasteiger partial charge in [0, 0.05) is 23.7 Å². The molecule has 1 saturated carbocycles. The number of rotatable bonds is 8. The van der Waals surface area contributed by atoms with Crippen LogP contribution in [-0.2, 0) is 9.59 Å². The van der Waals surface area contributed by atoms with Crippen molar-refractivity contribution in [2.24, 2.45) is 11.3 Å². The molecule has 0 heterocycles. The van der Waals surface area contributed by atoms with Crippen LogP contribution in [0.1, 0.15) is 49.9 Å². The minimum atomic E-state index is -0.937. The highest BCUT2D eigenvalue weighted by atomic mass is 16.4. The number of carboxylic acid groups (broad SMARTS) is 1. The number of carbonyl (C=O) groups excluding carboxylic acids is 2. The molecule has 6 nitrogen and oxygen atoms in total. The van der Waals surface area contributed by atoms with Crippen LogP contribution in [0.3, 0.4) is 0 Å². The fraction of sp³-hybridized carbons (Fsp3) is 0.500. The van der Waals surface area contributed by atoms with Crippen LogP contribution in [0.5, 0.6) is 0 Å². The second kappa shape index (κ2) is 7.47. The molecule has 1 aliphatic rings. The van der Waals surface area contributed by atoms with E-state index < -0.39 is 11.4 Å². The fourth-order valence-electron chi connectivity index (χ4n) is 2.52. The number of anilines is 1. The third-order valence-corrected chi connectivity index (χ3v) is 4.76. The Balaban J connectivity index is 1.94. The van der Waals surface area contributed by atoms with Crippen molar-refractivity contribution in [3.8, 4) is 0 Å². The first-order valence-corrected chi connectivity index (χ1v) is 8.34. The SMILES string of the molecule is CCC(CC)(CNC(=O)c1ccc(NC(=O)C2CC2)cc1)C(=O)O. The average Bonchev–Trinajstić information content (AvgIpc) is 3.41. The molecule has 6 heteroatoms.